The normalized spacial score (nSPS) is 16.5. The topological polar surface area (TPSA) is 42.3 Å². The lowest BCUT2D eigenvalue weighted by Gasteiger charge is -2.16. The zero-order chi connectivity index (χ0) is 12.6. The van der Waals surface area contributed by atoms with Crippen LogP contribution in [-0.4, -0.2) is 54.3 Å². The highest BCUT2D eigenvalue weighted by Crippen LogP contribution is 2.07. The number of methoxy groups -OCH3 is 1. The fourth-order valence-electron chi connectivity index (χ4n) is 2.34. The summed E-state index contributed by atoms with van der Waals surface area (Å²) < 4.78 is 7.26. The van der Waals surface area contributed by atoms with E-state index in [9.17, 15) is 0 Å². The van der Waals surface area contributed by atoms with E-state index in [4.69, 9.17) is 4.74 Å². The molecule has 1 aliphatic rings. The van der Waals surface area contributed by atoms with Crippen LogP contribution in [0.15, 0.2) is 12.5 Å². The third kappa shape index (κ3) is 4.08. The number of hydrogen-bond acceptors (Lipinski definition) is 4. The summed E-state index contributed by atoms with van der Waals surface area (Å²) in [5.74, 6) is 0. The van der Waals surface area contributed by atoms with Gasteiger partial charge in [0.05, 0.1) is 18.6 Å². The second kappa shape index (κ2) is 7.51. The molecule has 1 N–H and O–H groups in total. The lowest BCUT2D eigenvalue weighted by molar-refractivity contribution is 0.199. The van der Waals surface area contributed by atoms with Gasteiger partial charge in [0.15, 0.2) is 0 Å². The summed E-state index contributed by atoms with van der Waals surface area (Å²) in [6, 6.07) is 0. The molecule has 0 spiro atoms. The maximum absolute atomic E-state index is 5.01. The zero-order valence-electron chi connectivity index (χ0n) is 11.3. The standard InChI is InChI=1S/C13H24N4O/c1-18-9-4-14-10-13-11-15-12-17(13)8-7-16-5-2-3-6-16/h11-12,14H,2-10H2,1H3. The van der Waals surface area contributed by atoms with E-state index in [2.05, 4.69) is 19.8 Å². The number of nitrogens with zero attached hydrogens (tertiary/aromatic N) is 3. The van der Waals surface area contributed by atoms with Crippen molar-refractivity contribution in [3.63, 3.8) is 0 Å². The Hall–Kier alpha value is -0.910. The van der Waals surface area contributed by atoms with Crippen LogP contribution in [0.4, 0.5) is 0 Å². The van der Waals surface area contributed by atoms with Crippen LogP contribution in [0.3, 0.4) is 0 Å². The Bertz CT molecular complexity index is 333. The summed E-state index contributed by atoms with van der Waals surface area (Å²) in [4.78, 5) is 6.77. The van der Waals surface area contributed by atoms with Crippen LogP contribution >= 0.6 is 0 Å². The minimum absolute atomic E-state index is 0.752. The van der Waals surface area contributed by atoms with Gasteiger partial charge >= 0.3 is 0 Å². The summed E-state index contributed by atoms with van der Waals surface area (Å²) in [5.41, 5.74) is 1.25. The Morgan fingerprint density at radius 3 is 2.94 bits per heavy atom. The van der Waals surface area contributed by atoms with E-state index in [-0.39, 0.29) is 0 Å². The van der Waals surface area contributed by atoms with Crippen molar-refractivity contribution in [1.29, 1.82) is 0 Å². The van der Waals surface area contributed by atoms with Crippen molar-refractivity contribution in [2.45, 2.75) is 25.9 Å². The Morgan fingerprint density at radius 2 is 2.17 bits per heavy atom. The van der Waals surface area contributed by atoms with Crippen molar-refractivity contribution < 1.29 is 4.74 Å². The minimum Gasteiger partial charge on any atom is -0.383 e. The quantitative estimate of drug-likeness (QED) is 0.692. The summed E-state index contributed by atoms with van der Waals surface area (Å²) in [6.07, 6.45) is 6.60. The monoisotopic (exact) mass is 252 g/mol. The summed E-state index contributed by atoms with van der Waals surface area (Å²) in [7, 11) is 1.72. The lowest BCUT2D eigenvalue weighted by Crippen LogP contribution is -2.25. The van der Waals surface area contributed by atoms with Gasteiger partial charge in [-0.1, -0.05) is 0 Å². The largest absolute Gasteiger partial charge is 0.383 e. The van der Waals surface area contributed by atoms with E-state index >= 15 is 0 Å². The number of imidazole rings is 1. The van der Waals surface area contributed by atoms with Gasteiger partial charge in [-0.25, -0.2) is 4.98 Å². The van der Waals surface area contributed by atoms with E-state index in [1.165, 1.54) is 31.6 Å². The molecule has 102 valence electrons. The maximum Gasteiger partial charge on any atom is 0.0949 e. The van der Waals surface area contributed by atoms with Gasteiger partial charge < -0.3 is 19.5 Å². The Balaban J connectivity index is 1.72. The molecule has 1 aromatic rings. The third-order valence-electron chi connectivity index (χ3n) is 3.44. The van der Waals surface area contributed by atoms with Gasteiger partial charge in [-0.3, -0.25) is 0 Å². The van der Waals surface area contributed by atoms with Crippen LogP contribution in [-0.2, 0) is 17.8 Å². The van der Waals surface area contributed by atoms with E-state index in [0.717, 1.165) is 32.8 Å². The molecule has 0 aromatic carbocycles. The molecule has 5 nitrogen and oxygen atoms in total. The SMILES string of the molecule is COCCNCc1cncn1CCN1CCCC1. The van der Waals surface area contributed by atoms with Gasteiger partial charge in [0.1, 0.15) is 0 Å². The molecule has 1 aliphatic heterocycles. The van der Waals surface area contributed by atoms with Crippen LogP contribution < -0.4 is 5.32 Å². The summed E-state index contributed by atoms with van der Waals surface area (Å²) in [6.45, 7) is 7.20. The number of aromatic nitrogens is 2. The predicted molar refractivity (Wildman–Crippen MR) is 71.5 cm³/mol. The molecule has 0 amide bonds. The van der Waals surface area contributed by atoms with Crippen molar-refractivity contribution in [1.82, 2.24) is 19.8 Å². The average Bonchev–Trinajstić information content (AvgIpc) is 3.03. The maximum atomic E-state index is 5.01. The first-order valence-electron chi connectivity index (χ1n) is 6.81. The third-order valence-corrected chi connectivity index (χ3v) is 3.44. The zero-order valence-corrected chi connectivity index (χ0v) is 11.3. The molecule has 5 heteroatoms. The first-order valence-corrected chi connectivity index (χ1v) is 6.81. The van der Waals surface area contributed by atoms with Crippen LogP contribution in [0.2, 0.25) is 0 Å². The number of rotatable bonds is 8. The molecule has 18 heavy (non-hydrogen) atoms. The Labute approximate surface area is 109 Å². The minimum atomic E-state index is 0.752. The Kier molecular flexibility index (Phi) is 5.64. The molecule has 0 unspecified atom stereocenters. The molecular weight excluding hydrogens is 228 g/mol. The van der Waals surface area contributed by atoms with Crippen molar-refractivity contribution in [2.24, 2.45) is 0 Å². The molecule has 0 aliphatic carbocycles. The first-order chi connectivity index (χ1) is 8.90. The molecule has 1 fully saturated rings. The van der Waals surface area contributed by atoms with Crippen LogP contribution in [0.5, 0.6) is 0 Å². The van der Waals surface area contributed by atoms with Gasteiger partial charge in [0.25, 0.3) is 0 Å². The van der Waals surface area contributed by atoms with Crippen molar-refractivity contribution in [2.75, 3.05) is 39.9 Å². The van der Waals surface area contributed by atoms with Crippen LogP contribution in [0, 0.1) is 0 Å². The highest BCUT2D eigenvalue weighted by Gasteiger charge is 2.11. The van der Waals surface area contributed by atoms with E-state index < -0.39 is 0 Å². The first kappa shape index (κ1) is 13.5. The number of hydrogen-bond donors (Lipinski definition) is 1. The van der Waals surface area contributed by atoms with Crippen molar-refractivity contribution >= 4 is 0 Å². The van der Waals surface area contributed by atoms with Crippen molar-refractivity contribution in [3.8, 4) is 0 Å². The smallest absolute Gasteiger partial charge is 0.0949 e. The molecule has 0 radical (unpaired) electrons. The highest BCUT2D eigenvalue weighted by atomic mass is 16.5. The van der Waals surface area contributed by atoms with Gasteiger partial charge in [-0.15, -0.1) is 0 Å². The van der Waals surface area contributed by atoms with Crippen LogP contribution in [0.1, 0.15) is 18.5 Å². The second-order valence-corrected chi connectivity index (χ2v) is 4.80. The molecule has 1 saturated heterocycles. The molecule has 0 saturated carbocycles. The fraction of sp³-hybridized carbons (Fsp3) is 0.769. The molecule has 0 bridgehead atoms. The van der Waals surface area contributed by atoms with Gasteiger partial charge in [-0.2, -0.15) is 0 Å². The predicted octanol–water partition coefficient (Wildman–Crippen LogP) is 0.715. The van der Waals surface area contributed by atoms with Gasteiger partial charge in [0, 0.05) is 39.5 Å². The van der Waals surface area contributed by atoms with E-state index in [1.807, 2.05) is 12.5 Å². The summed E-state index contributed by atoms with van der Waals surface area (Å²) >= 11 is 0. The summed E-state index contributed by atoms with van der Waals surface area (Å²) in [5, 5.41) is 3.36. The highest BCUT2D eigenvalue weighted by molar-refractivity contribution is 4.98. The molecule has 1 aromatic heterocycles. The second-order valence-electron chi connectivity index (χ2n) is 4.80. The number of ether oxygens (including phenoxy) is 1. The molecule has 0 atom stereocenters. The van der Waals surface area contributed by atoms with Crippen LogP contribution in [0.25, 0.3) is 0 Å². The lowest BCUT2D eigenvalue weighted by atomic mass is 10.4. The Morgan fingerprint density at radius 1 is 1.33 bits per heavy atom. The fourth-order valence-corrected chi connectivity index (χ4v) is 2.34. The van der Waals surface area contributed by atoms with Crippen molar-refractivity contribution in [3.05, 3.63) is 18.2 Å². The average molecular weight is 252 g/mol. The molecular formula is C13H24N4O. The van der Waals surface area contributed by atoms with E-state index in [0.29, 0.717) is 0 Å². The van der Waals surface area contributed by atoms with Gasteiger partial charge in [0.2, 0.25) is 0 Å². The molecule has 2 rings (SSSR count). The number of nitrogens with one attached hydrogen (secondary N) is 1. The van der Waals surface area contributed by atoms with Gasteiger partial charge in [-0.05, 0) is 25.9 Å². The molecule has 2 heterocycles. The number of likely N-dealkylation sites (tertiary alicyclic amines) is 1. The van der Waals surface area contributed by atoms with E-state index in [1.54, 1.807) is 7.11 Å².